The van der Waals surface area contributed by atoms with Crippen LogP contribution in [0.1, 0.15) is 27.3 Å². The van der Waals surface area contributed by atoms with Gasteiger partial charge < -0.3 is 9.67 Å². The van der Waals surface area contributed by atoms with Crippen LogP contribution in [-0.2, 0) is 0 Å². The van der Waals surface area contributed by atoms with Gasteiger partial charge in [0.25, 0.3) is 0 Å². The molecule has 1 aromatic heterocycles. The standard InChI is InChI=1S/C14H15NO2/c1-9-5-4-6-12(14(16)17)13(9)15-10(2)7-8-11(15)3/h4-8H,1-3H3,(H,16,17). The lowest BCUT2D eigenvalue weighted by atomic mass is 10.1. The van der Waals surface area contributed by atoms with Crippen molar-refractivity contribution in [2.24, 2.45) is 0 Å². The Bertz CT molecular complexity index is 562. The first-order chi connectivity index (χ1) is 8.02. The summed E-state index contributed by atoms with van der Waals surface area (Å²) >= 11 is 0. The molecular formula is C14H15NO2. The normalized spacial score (nSPS) is 10.5. The van der Waals surface area contributed by atoms with Gasteiger partial charge in [-0.2, -0.15) is 0 Å². The van der Waals surface area contributed by atoms with Gasteiger partial charge in [-0.25, -0.2) is 4.79 Å². The Labute approximate surface area is 100 Å². The van der Waals surface area contributed by atoms with Crippen LogP contribution in [0.2, 0.25) is 0 Å². The van der Waals surface area contributed by atoms with Gasteiger partial charge in [-0.05, 0) is 44.5 Å². The monoisotopic (exact) mass is 229 g/mol. The minimum absolute atomic E-state index is 0.340. The summed E-state index contributed by atoms with van der Waals surface area (Å²) in [5, 5.41) is 9.26. The van der Waals surface area contributed by atoms with E-state index in [9.17, 15) is 9.90 Å². The van der Waals surface area contributed by atoms with E-state index in [4.69, 9.17) is 0 Å². The number of aromatic carboxylic acids is 1. The fraction of sp³-hybridized carbons (Fsp3) is 0.214. The summed E-state index contributed by atoms with van der Waals surface area (Å²) in [6, 6.07) is 9.33. The zero-order valence-electron chi connectivity index (χ0n) is 10.2. The highest BCUT2D eigenvalue weighted by Gasteiger charge is 2.15. The van der Waals surface area contributed by atoms with Crippen molar-refractivity contribution in [1.82, 2.24) is 4.57 Å². The Morgan fingerprint density at radius 2 is 1.65 bits per heavy atom. The quantitative estimate of drug-likeness (QED) is 0.859. The summed E-state index contributed by atoms with van der Waals surface area (Å²) in [5.41, 5.74) is 4.15. The second-order valence-electron chi connectivity index (χ2n) is 4.23. The van der Waals surface area contributed by atoms with Crippen LogP contribution in [0.3, 0.4) is 0 Å². The molecule has 0 amide bonds. The number of benzene rings is 1. The first-order valence-corrected chi connectivity index (χ1v) is 5.50. The smallest absolute Gasteiger partial charge is 0.337 e. The average Bonchev–Trinajstić information content (AvgIpc) is 2.59. The zero-order chi connectivity index (χ0) is 12.6. The molecule has 3 nitrogen and oxygen atoms in total. The van der Waals surface area contributed by atoms with Gasteiger partial charge in [-0.15, -0.1) is 0 Å². The molecule has 1 N–H and O–H groups in total. The molecule has 0 unspecified atom stereocenters. The first kappa shape index (κ1) is 11.5. The van der Waals surface area contributed by atoms with E-state index in [0.717, 1.165) is 22.6 Å². The third-order valence-electron chi connectivity index (χ3n) is 2.96. The molecule has 17 heavy (non-hydrogen) atoms. The topological polar surface area (TPSA) is 42.2 Å². The number of aromatic nitrogens is 1. The highest BCUT2D eigenvalue weighted by Crippen LogP contribution is 2.23. The van der Waals surface area contributed by atoms with E-state index >= 15 is 0 Å². The van der Waals surface area contributed by atoms with Crippen LogP contribution >= 0.6 is 0 Å². The van der Waals surface area contributed by atoms with Gasteiger partial charge in [0, 0.05) is 11.4 Å². The zero-order valence-corrected chi connectivity index (χ0v) is 10.2. The molecule has 1 heterocycles. The second kappa shape index (κ2) is 4.09. The van der Waals surface area contributed by atoms with Crippen LogP contribution in [0.5, 0.6) is 0 Å². The summed E-state index contributed by atoms with van der Waals surface area (Å²) in [6.07, 6.45) is 0. The van der Waals surface area contributed by atoms with E-state index in [2.05, 4.69) is 0 Å². The van der Waals surface area contributed by atoms with Crippen molar-refractivity contribution in [1.29, 1.82) is 0 Å². The molecule has 0 aliphatic carbocycles. The van der Waals surface area contributed by atoms with Crippen LogP contribution in [0.4, 0.5) is 0 Å². The maximum atomic E-state index is 11.3. The van der Waals surface area contributed by atoms with Crippen molar-refractivity contribution in [2.75, 3.05) is 0 Å². The molecule has 0 fully saturated rings. The van der Waals surface area contributed by atoms with E-state index in [1.807, 2.05) is 43.5 Å². The van der Waals surface area contributed by atoms with Gasteiger partial charge in [0.05, 0.1) is 11.3 Å². The first-order valence-electron chi connectivity index (χ1n) is 5.50. The second-order valence-corrected chi connectivity index (χ2v) is 4.23. The Hall–Kier alpha value is -2.03. The van der Waals surface area contributed by atoms with E-state index in [0.29, 0.717) is 5.56 Å². The Kier molecular flexibility index (Phi) is 2.76. The molecule has 0 spiro atoms. The van der Waals surface area contributed by atoms with E-state index in [1.54, 1.807) is 12.1 Å². The molecule has 2 rings (SSSR count). The van der Waals surface area contributed by atoms with Gasteiger partial charge in [0.1, 0.15) is 0 Å². The third-order valence-corrected chi connectivity index (χ3v) is 2.96. The lowest BCUT2D eigenvalue weighted by Crippen LogP contribution is -2.09. The predicted molar refractivity (Wildman–Crippen MR) is 66.9 cm³/mol. The van der Waals surface area contributed by atoms with E-state index in [1.165, 1.54) is 0 Å². The lowest BCUT2D eigenvalue weighted by molar-refractivity contribution is 0.0697. The molecule has 0 radical (unpaired) electrons. The molecule has 1 aromatic carbocycles. The molecule has 3 heteroatoms. The number of carboxylic acids is 1. The molecule has 88 valence electrons. The van der Waals surface area contributed by atoms with Crippen LogP contribution in [0, 0.1) is 20.8 Å². The predicted octanol–water partition coefficient (Wildman–Crippen LogP) is 3.10. The summed E-state index contributed by atoms with van der Waals surface area (Å²) < 4.78 is 1.98. The number of hydrogen-bond acceptors (Lipinski definition) is 1. The van der Waals surface area contributed by atoms with Crippen LogP contribution in [0.15, 0.2) is 30.3 Å². The van der Waals surface area contributed by atoms with Gasteiger partial charge >= 0.3 is 5.97 Å². The van der Waals surface area contributed by atoms with E-state index < -0.39 is 5.97 Å². The largest absolute Gasteiger partial charge is 0.478 e. The maximum Gasteiger partial charge on any atom is 0.337 e. The molecule has 0 aliphatic heterocycles. The fourth-order valence-corrected chi connectivity index (χ4v) is 2.15. The molecular weight excluding hydrogens is 214 g/mol. The maximum absolute atomic E-state index is 11.3. The molecule has 0 atom stereocenters. The Morgan fingerprint density at radius 1 is 1.06 bits per heavy atom. The van der Waals surface area contributed by atoms with Crippen LogP contribution in [0.25, 0.3) is 5.69 Å². The third kappa shape index (κ3) is 1.84. The summed E-state index contributed by atoms with van der Waals surface area (Å²) in [6.45, 7) is 5.89. The van der Waals surface area contributed by atoms with Gasteiger partial charge in [-0.3, -0.25) is 0 Å². The summed E-state index contributed by atoms with van der Waals surface area (Å²) in [5.74, 6) is -0.892. The Morgan fingerprint density at radius 3 is 2.18 bits per heavy atom. The Balaban J connectivity index is 2.79. The number of nitrogens with zero attached hydrogens (tertiary/aromatic N) is 1. The number of rotatable bonds is 2. The van der Waals surface area contributed by atoms with Crippen LogP contribution < -0.4 is 0 Å². The minimum atomic E-state index is -0.892. The number of carbonyl (C=O) groups is 1. The van der Waals surface area contributed by atoms with Gasteiger partial charge in [0.2, 0.25) is 0 Å². The molecule has 0 saturated carbocycles. The average molecular weight is 229 g/mol. The minimum Gasteiger partial charge on any atom is -0.478 e. The van der Waals surface area contributed by atoms with Crippen molar-refractivity contribution in [3.63, 3.8) is 0 Å². The SMILES string of the molecule is Cc1cccc(C(=O)O)c1-n1c(C)ccc1C. The fourth-order valence-electron chi connectivity index (χ4n) is 2.15. The molecule has 0 aliphatic rings. The number of aryl methyl sites for hydroxylation is 3. The molecule has 0 saturated heterocycles. The summed E-state index contributed by atoms with van der Waals surface area (Å²) in [4.78, 5) is 11.3. The van der Waals surface area contributed by atoms with Gasteiger partial charge in [0.15, 0.2) is 0 Å². The van der Waals surface area contributed by atoms with Gasteiger partial charge in [-0.1, -0.05) is 12.1 Å². The highest BCUT2D eigenvalue weighted by molar-refractivity contribution is 5.92. The summed E-state index contributed by atoms with van der Waals surface area (Å²) in [7, 11) is 0. The van der Waals surface area contributed by atoms with Crippen LogP contribution in [-0.4, -0.2) is 15.6 Å². The highest BCUT2D eigenvalue weighted by atomic mass is 16.4. The molecule has 0 bridgehead atoms. The van der Waals surface area contributed by atoms with Crippen molar-refractivity contribution in [2.45, 2.75) is 20.8 Å². The van der Waals surface area contributed by atoms with Crippen molar-refractivity contribution in [3.05, 3.63) is 52.8 Å². The molecule has 2 aromatic rings. The van der Waals surface area contributed by atoms with Crippen molar-refractivity contribution >= 4 is 5.97 Å². The van der Waals surface area contributed by atoms with Crippen molar-refractivity contribution < 1.29 is 9.90 Å². The lowest BCUT2D eigenvalue weighted by Gasteiger charge is -2.15. The number of hydrogen-bond donors (Lipinski definition) is 1. The number of carboxylic acid groups (broad SMARTS) is 1. The van der Waals surface area contributed by atoms with Crippen molar-refractivity contribution in [3.8, 4) is 5.69 Å². The van der Waals surface area contributed by atoms with E-state index in [-0.39, 0.29) is 0 Å². The number of para-hydroxylation sites is 1.